The molecular formula is C18H20. The zero-order chi connectivity index (χ0) is 12.4. The predicted octanol–water partition coefficient (Wildman–Crippen LogP) is 5.30. The molecule has 1 saturated carbocycles. The van der Waals surface area contributed by atoms with E-state index >= 15 is 0 Å². The van der Waals surface area contributed by atoms with E-state index < -0.39 is 0 Å². The molecule has 0 aromatic heterocycles. The molecule has 0 unspecified atom stereocenters. The molecule has 0 bridgehead atoms. The minimum atomic E-state index is 0.539. The number of allylic oxidation sites excluding steroid dienone is 1. The fourth-order valence-corrected chi connectivity index (χ4v) is 3.33. The molecule has 0 spiro atoms. The highest BCUT2D eigenvalue weighted by Crippen LogP contribution is 2.38. The SMILES string of the molecule is C=C[C@@H](c1ccc2ccccc2c1)C1CCCC1. The predicted molar refractivity (Wildman–Crippen MR) is 78.8 cm³/mol. The second kappa shape index (κ2) is 4.97. The van der Waals surface area contributed by atoms with Gasteiger partial charge in [0.25, 0.3) is 0 Å². The number of fused-ring (bicyclic) bond motifs is 1. The van der Waals surface area contributed by atoms with Crippen molar-refractivity contribution in [1.29, 1.82) is 0 Å². The smallest absolute Gasteiger partial charge is 0.00438 e. The lowest BCUT2D eigenvalue weighted by molar-refractivity contribution is 0.495. The number of hydrogen-bond donors (Lipinski definition) is 0. The lowest BCUT2D eigenvalue weighted by Gasteiger charge is -2.20. The molecule has 0 N–H and O–H groups in total. The van der Waals surface area contributed by atoms with Crippen molar-refractivity contribution < 1.29 is 0 Å². The summed E-state index contributed by atoms with van der Waals surface area (Å²) in [7, 11) is 0. The van der Waals surface area contributed by atoms with Crippen molar-refractivity contribution in [2.75, 3.05) is 0 Å². The van der Waals surface area contributed by atoms with Crippen LogP contribution >= 0.6 is 0 Å². The Hall–Kier alpha value is -1.56. The van der Waals surface area contributed by atoms with Gasteiger partial charge in [-0.2, -0.15) is 0 Å². The standard InChI is InChI=1S/C18H20/c1-2-18(15-8-4-5-9-15)17-12-11-14-7-3-6-10-16(14)13-17/h2-3,6-7,10-13,15,18H,1,4-5,8-9H2/t18-/m1/s1. The fraction of sp³-hybridized carbons (Fsp3) is 0.333. The van der Waals surface area contributed by atoms with Crippen molar-refractivity contribution in [3.8, 4) is 0 Å². The highest BCUT2D eigenvalue weighted by Gasteiger charge is 2.23. The van der Waals surface area contributed by atoms with Gasteiger partial charge in [0.1, 0.15) is 0 Å². The van der Waals surface area contributed by atoms with Crippen molar-refractivity contribution in [3.63, 3.8) is 0 Å². The van der Waals surface area contributed by atoms with Gasteiger partial charge in [0.15, 0.2) is 0 Å². The Morgan fingerprint density at radius 3 is 2.44 bits per heavy atom. The summed E-state index contributed by atoms with van der Waals surface area (Å²) in [5.74, 6) is 1.35. The van der Waals surface area contributed by atoms with Crippen molar-refractivity contribution in [1.82, 2.24) is 0 Å². The van der Waals surface area contributed by atoms with Crippen LogP contribution in [0.2, 0.25) is 0 Å². The van der Waals surface area contributed by atoms with E-state index in [0.29, 0.717) is 5.92 Å². The van der Waals surface area contributed by atoms with Crippen LogP contribution in [0.3, 0.4) is 0 Å². The van der Waals surface area contributed by atoms with E-state index in [0.717, 1.165) is 5.92 Å². The van der Waals surface area contributed by atoms with E-state index in [2.05, 4.69) is 55.1 Å². The summed E-state index contributed by atoms with van der Waals surface area (Å²) < 4.78 is 0. The van der Waals surface area contributed by atoms with E-state index in [4.69, 9.17) is 0 Å². The summed E-state index contributed by atoms with van der Waals surface area (Å²) in [6.45, 7) is 4.06. The van der Waals surface area contributed by atoms with Gasteiger partial charge >= 0.3 is 0 Å². The monoisotopic (exact) mass is 236 g/mol. The van der Waals surface area contributed by atoms with Crippen LogP contribution in [0, 0.1) is 5.92 Å². The molecule has 0 aliphatic heterocycles. The summed E-state index contributed by atoms with van der Waals surface area (Å²) in [6, 6.07) is 15.5. The van der Waals surface area contributed by atoms with Crippen LogP contribution in [0.5, 0.6) is 0 Å². The van der Waals surface area contributed by atoms with E-state index in [9.17, 15) is 0 Å². The van der Waals surface area contributed by atoms with Crippen molar-refractivity contribution in [2.24, 2.45) is 5.92 Å². The number of hydrogen-bond acceptors (Lipinski definition) is 0. The zero-order valence-electron chi connectivity index (χ0n) is 10.8. The van der Waals surface area contributed by atoms with E-state index in [1.54, 1.807) is 0 Å². The molecule has 0 heteroatoms. The van der Waals surface area contributed by atoms with Gasteiger partial charge in [-0.1, -0.05) is 61.4 Å². The maximum atomic E-state index is 4.06. The largest absolute Gasteiger partial charge is 0.102 e. The third kappa shape index (κ3) is 2.08. The molecule has 1 aliphatic rings. The van der Waals surface area contributed by atoms with E-state index in [1.807, 2.05) is 0 Å². The molecule has 0 amide bonds. The molecule has 0 nitrogen and oxygen atoms in total. The normalized spacial score (nSPS) is 18.0. The van der Waals surface area contributed by atoms with Crippen LogP contribution in [0.4, 0.5) is 0 Å². The van der Waals surface area contributed by atoms with Gasteiger partial charge in [-0.05, 0) is 35.1 Å². The van der Waals surface area contributed by atoms with Crippen molar-refractivity contribution >= 4 is 10.8 Å². The molecule has 18 heavy (non-hydrogen) atoms. The molecule has 1 atom stereocenters. The molecule has 2 aromatic carbocycles. The Labute approximate surface area is 109 Å². The average molecular weight is 236 g/mol. The lowest BCUT2D eigenvalue weighted by atomic mass is 9.84. The Balaban J connectivity index is 1.98. The molecule has 2 aromatic rings. The van der Waals surface area contributed by atoms with Gasteiger partial charge in [0.05, 0.1) is 0 Å². The molecule has 92 valence electrons. The third-order valence-electron chi connectivity index (χ3n) is 4.32. The van der Waals surface area contributed by atoms with Crippen LogP contribution in [-0.2, 0) is 0 Å². The van der Waals surface area contributed by atoms with Gasteiger partial charge < -0.3 is 0 Å². The highest BCUT2D eigenvalue weighted by molar-refractivity contribution is 5.83. The van der Waals surface area contributed by atoms with Crippen molar-refractivity contribution in [2.45, 2.75) is 31.6 Å². The van der Waals surface area contributed by atoms with Gasteiger partial charge in [0.2, 0.25) is 0 Å². The quantitative estimate of drug-likeness (QED) is 0.634. The molecule has 1 fully saturated rings. The van der Waals surface area contributed by atoms with Crippen LogP contribution in [0.25, 0.3) is 10.8 Å². The summed E-state index contributed by atoms with van der Waals surface area (Å²) in [5.41, 5.74) is 1.44. The van der Waals surface area contributed by atoms with Crippen LogP contribution in [-0.4, -0.2) is 0 Å². The first-order chi connectivity index (χ1) is 8.88. The Morgan fingerprint density at radius 1 is 1.00 bits per heavy atom. The Bertz CT molecular complexity index is 547. The van der Waals surface area contributed by atoms with E-state index in [-0.39, 0.29) is 0 Å². The molecular weight excluding hydrogens is 216 g/mol. The van der Waals surface area contributed by atoms with Crippen LogP contribution < -0.4 is 0 Å². The highest BCUT2D eigenvalue weighted by atomic mass is 14.3. The van der Waals surface area contributed by atoms with Gasteiger partial charge in [-0.3, -0.25) is 0 Å². The minimum absolute atomic E-state index is 0.539. The maximum absolute atomic E-state index is 4.06. The Kier molecular flexibility index (Phi) is 3.19. The zero-order valence-corrected chi connectivity index (χ0v) is 10.8. The number of benzene rings is 2. The average Bonchev–Trinajstić information content (AvgIpc) is 2.93. The summed E-state index contributed by atoms with van der Waals surface area (Å²) in [5, 5.41) is 2.68. The minimum Gasteiger partial charge on any atom is -0.102 e. The molecule has 0 radical (unpaired) electrons. The fourth-order valence-electron chi connectivity index (χ4n) is 3.33. The van der Waals surface area contributed by atoms with Crippen LogP contribution in [0.15, 0.2) is 55.1 Å². The molecule has 0 saturated heterocycles. The second-order valence-electron chi connectivity index (χ2n) is 5.41. The van der Waals surface area contributed by atoms with Crippen LogP contribution in [0.1, 0.15) is 37.2 Å². The lowest BCUT2D eigenvalue weighted by Crippen LogP contribution is -2.06. The first kappa shape index (κ1) is 11.5. The second-order valence-corrected chi connectivity index (χ2v) is 5.41. The van der Waals surface area contributed by atoms with Gasteiger partial charge in [-0.15, -0.1) is 6.58 Å². The molecule has 3 rings (SSSR count). The van der Waals surface area contributed by atoms with Crippen molar-refractivity contribution in [3.05, 3.63) is 60.7 Å². The maximum Gasteiger partial charge on any atom is 0.00438 e. The topological polar surface area (TPSA) is 0 Å². The summed E-state index contributed by atoms with van der Waals surface area (Å²) in [6.07, 6.45) is 7.66. The van der Waals surface area contributed by atoms with E-state index in [1.165, 1.54) is 42.0 Å². The summed E-state index contributed by atoms with van der Waals surface area (Å²) >= 11 is 0. The number of rotatable bonds is 3. The first-order valence-corrected chi connectivity index (χ1v) is 7.00. The first-order valence-electron chi connectivity index (χ1n) is 7.00. The molecule has 0 heterocycles. The van der Waals surface area contributed by atoms with Gasteiger partial charge in [-0.25, -0.2) is 0 Å². The molecule has 1 aliphatic carbocycles. The third-order valence-corrected chi connectivity index (χ3v) is 4.32. The van der Waals surface area contributed by atoms with Gasteiger partial charge in [0, 0.05) is 5.92 Å². The Morgan fingerprint density at radius 2 is 1.72 bits per heavy atom. The summed E-state index contributed by atoms with van der Waals surface area (Å²) in [4.78, 5) is 0.